The highest BCUT2D eigenvalue weighted by Gasteiger charge is 2.15. The maximum absolute atomic E-state index is 13.7. The van der Waals surface area contributed by atoms with Crippen LogP contribution in [0.1, 0.15) is 6.92 Å². The first kappa shape index (κ1) is 18.7. The number of pyridine rings is 1. The van der Waals surface area contributed by atoms with E-state index >= 15 is 0 Å². The van der Waals surface area contributed by atoms with E-state index in [4.69, 9.17) is 4.74 Å². The standard InChI is InChI=1S/C19H18FN3O3S/c1-2-26-15-8-10-16(11-9-15)27(24,25)23-19-12-7-14(13-21-19)22-18-6-4-3-5-17(18)20/h3-13,22H,2H2,1H3,(H,21,23). The first-order valence-corrected chi connectivity index (χ1v) is 9.69. The maximum Gasteiger partial charge on any atom is 0.263 e. The van der Waals surface area contributed by atoms with Gasteiger partial charge in [-0.3, -0.25) is 4.72 Å². The molecule has 0 bridgehead atoms. The Morgan fingerprint density at radius 1 is 1.04 bits per heavy atom. The molecule has 0 unspecified atom stereocenters. The number of halogens is 1. The van der Waals surface area contributed by atoms with E-state index < -0.39 is 15.8 Å². The zero-order chi connectivity index (χ0) is 19.3. The number of nitrogens with zero attached hydrogens (tertiary/aromatic N) is 1. The lowest BCUT2D eigenvalue weighted by molar-refractivity contribution is 0.340. The molecule has 0 saturated carbocycles. The van der Waals surface area contributed by atoms with Crippen LogP contribution in [0.2, 0.25) is 0 Å². The van der Waals surface area contributed by atoms with Crippen molar-refractivity contribution in [1.29, 1.82) is 0 Å². The number of nitrogens with one attached hydrogen (secondary N) is 2. The van der Waals surface area contributed by atoms with Crippen LogP contribution in [0.4, 0.5) is 21.6 Å². The lowest BCUT2D eigenvalue weighted by Gasteiger charge is -2.10. The van der Waals surface area contributed by atoms with Gasteiger partial charge >= 0.3 is 0 Å². The van der Waals surface area contributed by atoms with Crippen LogP contribution in [0.15, 0.2) is 71.8 Å². The topological polar surface area (TPSA) is 80.3 Å². The molecule has 0 atom stereocenters. The third-order valence-electron chi connectivity index (χ3n) is 3.60. The van der Waals surface area contributed by atoms with Gasteiger partial charge in [-0.2, -0.15) is 0 Å². The van der Waals surface area contributed by atoms with E-state index in [-0.39, 0.29) is 10.7 Å². The molecular weight excluding hydrogens is 369 g/mol. The fourth-order valence-corrected chi connectivity index (χ4v) is 3.33. The number of para-hydroxylation sites is 1. The van der Waals surface area contributed by atoms with Gasteiger partial charge in [0.15, 0.2) is 0 Å². The quantitative estimate of drug-likeness (QED) is 0.636. The molecule has 2 aromatic carbocycles. The molecular formula is C19H18FN3O3S. The molecule has 140 valence electrons. The van der Waals surface area contributed by atoms with Crippen molar-refractivity contribution in [3.63, 3.8) is 0 Å². The number of ether oxygens (including phenoxy) is 1. The summed E-state index contributed by atoms with van der Waals surface area (Å²) in [4.78, 5) is 4.16. The molecule has 27 heavy (non-hydrogen) atoms. The van der Waals surface area contributed by atoms with Crippen LogP contribution in [0.25, 0.3) is 0 Å². The number of aromatic nitrogens is 1. The minimum atomic E-state index is -3.77. The number of benzene rings is 2. The van der Waals surface area contributed by atoms with Crippen molar-refractivity contribution < 1.29 is 17.5 Å². The second kappa shape index (κ2) is 8.05. The van der Waals surface area contributed by atoms with Gasteiger partial charge in [0.05, 0.1) is 29.1 Å². The highest BCUT2D eigenvalue weighted by molar-refractivity contribution is 7.92. The van der Waals surface area contributed by atoms with Crippen LogP contribution in [0.5, 0.6) is 5.75 Å². The molecule has 0 saturated heterocycles. The predicted octanol–water partition coefficient (Wildman–Crippen LogP) is 4.16. The number of sulfonamides is 1. The van der Waals surface area contributed by atoms with Crippen molar-refractivity contribution >= 4 is 27.2 Å². The Kier molecular flexibility index (Phi) is 5.56. The zero-order valence-electron chi connectivity index (χ0n) is 14.5. The van der Waals surface area contributed by atoms with Crippen LogP contribution in [-0.4, -0.2) is 20.0 Å². The molecule has 0 aliphatic rings. The number of hydrogen-bond acceptors (Lipinski definition) is 5. The van der Waals surface area contributed by atoms with E-state index in [1.165, 1.54) is 30.5 Å². The van der Waals surface area contributed by atoms with Gasteiger partial charge < -0.3 is 10.1 Å². The lowest BCUT2D eigenvalue weighted by Crippen LogP contribution is -2.13. The van der Waals surface area contributed by atoms with Crippen molar-refractivity contribution in [2.24, 2.45) is 0 Å². The van der Waals surface area contributed by atoms with Crippen molar-refractivity contribution in [1.82, 2.24) is 4.98 Å². The molecule has 0 spiro atoms. The zero-order valence-corrected chi connectivity index (χ0v) is 15.3. The number of hydrogen-bond donors (Lipinski definition) is 2. The summed E-state index contributed by atoms with van der Waals surface area (Å²) in [6, 6.07) is 15.4. The third-order valence-corrected chi connectivity index (χ3v) is 4.97. The molecule has 1 aromatic heterocycles. The second-order valence-electron chi connectivity index (χ2n) is 5.55. The summed E-state index contributed by atoms with van der Waals surface area (Å²) in [6.07, 6.45) is 1.42. The van der Waals surface area contributed by atoms with Gasteiger partial charge in [-0.15, -0.1) is 0 Å². The van der Waals surface area contributed by atoms with E-state index in [0.717, 1.165) is 0 Å². The Balaban J connectivity index is 1.70. The first-order valence-electron chi connectivity index (χ1n) is 8.21. The summed E-state index contributed by atoms with van der Waals surface area (Å²) >= 11 is 0. The molecule has 0 amide bonds. The van der Waals surface area contributed by atoms with Crippen LogP contribution in [0.3, 0.4) is 0 Å². The van der Waals surface area contributed by atoms with Gasteiger partial charge in [-0.25, -0.2) is 17.8 Å². The Bertz CT molecular complexity index is 1010. The largest absolute Gasteiger partial charge is 0.494 e. The predicted molar refractivity (Wildman–Crippen MR) is 102 cm³/mol. The normalized spacial score (nSPS) is 11.0. The molecule has 0 radical (unpaired) electrons. The van der Waals surface area contributed by atoms with Crippen LogP contribution < -0.4 is 14.8 Å². The Morgan fingerprint density at radius 3 is 2.41 bits per heavy atom. The molecule has 0 aliphatic heterocycles. The van der Waals surface area contributed by atoms with Gasteiger partial charge in [-0.05, 0) is 55.5 Å². The van der Waals surface area contributed by atoms with Crippen molar-refractivity contribution in [2.45, 2.75) is 11.8 Å². The maximum atomic E-state index is 13.7. The summed E-state index contributed by atoms with van der Waals surface area (Å²) in [5, 5.41) is 2.88. The Labute approximate surface area is 157 Å². The highest BCUT2D eigenvalue weighted by Crippen LogP contribution is 2.22. The third kappa shape index (κ3) is 4.73. The van der Waals surface area contributed by atoms with Crippen molar-refractivity contribution in [3.8, 4) is 5.75 Å². The molecule has 3 rings (SSSR count). The van der Waals surface area contributed by atoms with Gasteiger partial charge in [0.1, 0.15) is 17.4 Å². The summed E-state index contributed by atoms with van der Waals surface area (Å²) in [5.41, 5.74) is 0.839. The average molecular weight is 387 g/mol. The Hall–Kier alpha value is -3.13. The van der Waals surface area contributed by atoms with E-state index in [2.05, 4.69) is 15.0 Å². The summed E-state index contributed by atoms with van der Waals surface area (Å²) in [7, 11) is -3.77. The molecule has 1 heterocycles. The summed E-state index contributed by atoms with van der Waals surface area (Å²) < 4.78 is 46.2. The number of anilines is 3. The number of rotatable bonds is 7. The van der Waals surface area contributed by atoms with Gasteiger partial charge in [-0.1, -0.05) is 12.1 Å². The molecule has 2 N–H and O–H groups in total. The van der Waals surface area contributed by atoms with Gasteiger partial charge in [0.2, 0.25) is 0 Å². The van der Waals surface area contributed by atoms with Crippen LogP contribution >= 0.6 is 0 Å². The monoisotopic (exact) mass is 387 g/mol. The van der Waals surface area contributed by atoms with Gasteiger partial charge in [0.25, 0.3) is 10.0 Å². The SMILES string of the molecule is CCOc1ccc(S(=O)(=O)Nc2ccc(Nc3ccccc3F)cn2)cc1. The van der Waals surface area contributed by atoms with E-state index in [1.54, 1.807) is 36.4 Å². The lowest BCUT2D eigenvalue weighted by atomic mass is 10.3. The molecule has 6 nitrogen and oxygen atoms in total. The summed E-state index contributed by atoms with van der Waals surface area (Å²) in [6.45, 7) is 2.35. The molecule has 8 heteroatoms. The van der Waals surface area contributed by atoms with E-state index in [1.807, 2.05) is 6.92 Å². The average Bonchev–Trinajstić information content (AvgIpc) is 2.66. The van der Waals surface area contributed by atoms with Crippen LogP contribution in [0, 0.1) is 5.82 Å². The van der Waals surface area contributed by atoms with Crippen molar-refractivity contribution in [2.75, 3.05) is 16.6 Å². The highest BCUT2D eigenvalue weighted by atomic mass is 32.2. The molecule has 3 aromatic rings. The minimum Gasteiger partial charge on any atom is -0.494 e. The smallest absolute Gasteiger partial charge is 0.263 e. The Morgan fingerprint density at radius 2 is 1.78 bits per heavy atom. The van der Waals surface area contributed by atoms with Crippen molar-refractivity contribution in [3.05, 3.63) is 72.7 Å². The first-order chi connectivity index (χ1) is 13.0. The fourth-order valence-electron chi connectivity index (χ4n) is 2.32. The fraction of sp³-hybridized carbons (Fsp3) is 0.105. The minimum absolute atomic E-state index is 0.0984. The van der Waals surface area contributed by atoms with E-state index in [0.29, 0.717) is 23.7 Å². The summed E-state index contributed by atoms with van der Waals surface area (Å²) in [5.74, 6) is 0.360. The van der Waals surface area contributed by atoms with Gasteiger partial charge in [0, 0.05) is 0 Å². The van der Waals surface area contributed by atoms with Crippen LogP contribution in [-0.2, 0) is 10.0 Å². The van der Waals surface area contributed by atoms with E-state index in [9.17, 15) is 12.8 Å². The molecule has 0 aliphatic carbocycles. The molecule has 0 fully saturated rings. The second-order valence-corrected chi connectivity index (χ2v) is 7.23.